The van der Waals surface area contributed by atoms with Crippen LogP contribution in [0.25, 0.3) is 0 Å². The SMILES string of the molecule is COc1ccccc1N1CCN(C(=O)C(=O)NC2CCCCCC2)CC1. The van der Waals surface area contributed by atoms with Crippen molar-refractivity contribution in [1.82, 2.24) is 10.2 Å². The van der Waals surface area contributed by atoms with Crippen LogP contribution in [0, 0.1) is 0 Å². The third-order valence-corrected chi connectivity index (χ3v) is 5.38. The Hall–Kier alpha value is -2.24. The van der Waals surface area contributed by atoms with Crippen LogP contribution < -0.4 is 15.0 Å². The van der Waals surface area contributed by atoms with Crippen molar-refractivity contribution in [2.24, 2.45) is 0 Å². The number of hydrogen-bond donors (Lipinski definition) is 1. The zero-order chi connectivity index (χ0) is 18.4. The van der Waals surface area contributed by atoms with E-state index in [0.29, 0.717) is 26.2 Å². The molecule has 0 spiro atoms. The molecular formula is C20H29N3O3. The maximum absolute atomic E-state index is 12.5. The molecule has 1 aliphatic carbocycles. The number of piperazine rings is 1. The van der Waals surface area contributed by atoms with Crippen molar-refractivity contribution in [2.75, 3.05) is 38.2 Å². The Labute approximate surface area is 155 Å². The lowest BCUT2D eigenvalue weighted by Crippen LogP contribution is -2.53. The topological polar surface area (TPSA) is 61.9 Å². The predicted octanol–water partition coefficient (Wildman–Crippen LogP) is 2.18. The first-order chi connectivity index (χ1) is 12.7. The normalized spacial score (nSPS) is 19.0. The van der Waals surface area contributed by atoms with E-state index in [9.17, 15) is 9.59 Å². The molecule has 142 valence electrons. The Kier molecular flexibility index (Phi) is 6.36. The molecule has 2 aliphatic rings. The van der Waals surface area contributed by atoms with Gasteiger partial charge in [-0.3, -0.25) is 9.59 Å². The number of ether oxygens (including phenoxy) is 1. The number of nitrogens with zero attached hydrogens (tertiary/aromatic N) is 2. The van der Waals surface area contributed by atoms with Gasteiger partial charge < -0.3 is 19.9 Å². The molecule has 0 atom stereocenters. The second kappa shape index (κ2) is 8.92. The fourth-order valence-electron chi connectivity index (χ4n) is 3.86. The number of hydrogen-bond acceptors (Lipinski definition) is 4. The van der Waals surface area contributed by atoms with Crippen molar-refractivity contribution >= 4 is 17.5 Å². The molecule has 3 rings (SSSR count). The van der Waals surface area contributed by atoms with Crippen molar-refractivity contribution in [3.05, 3.63) is 24.3 Å². The number of methoxy groups -OCH3 is 1. The van der Waals surface area contributed by atoms with Gasteiger partial charge >= 0.3 is 11.8 Å². The van der Waals surface area contributed by atoms with Crippen molar-refractivity contribution in [3.63, 3.8) is 0 Å². The zero-order valence-electron chi connectivity index (χ0n) is 15.6. The molecule has 6 nitrogen and oxygen atoms in total. The van der Waals surface area contributed by atoms with Gasteiger partial charge in [-0.25, -0.2) is 0 Å². The van der Waals surface area contributed by atoms with E-state index >= 15 is 0 Å². The van der Waals surface area contributed by atoms with Crippen LogP contribution in [0.15, 0.2) is 24.3 Å². The molecule has 2 fully saturated rings. The van der Waals surface area contributed by atoms with E-state index in [1.165, 1.54) is 12.8 Å². The van der Waals surface area contributed by atoms with Crippen molar-refractivity contribution in [2.45, 2.75) is 44.6 Å². The molecule has 1 heterocycles. The van der Waals surface area contributed by atoms with Crippen LogP contribution in [0.5, 0.6) is 5.75 Å². The summed E-state index contributed by atoms with van der Waals surface area (Å²) in [4.78, 5) is 28.7. The first-order valence-electron chi connectivity index (χ1n) is 9.67. The number of benzene rings is 1. The third-order valence-electron chi connectivity index (χ3n) is 5.38. The number of para-hydroxylation sites is 2. The molecule has 1 saturated heterocycles. The second-order valence-corrected chi connectivity index (χ2v) is 7.11. The number of rotatable bonds is 3. The molecule has 1 aromatic carbocycles. The summed E-state index contributed by atoms with van der Waals surface area (Å²) in [5, 5.41) is 2.95. The van der Waals surface area contributed by atoms with Crippen LogP contribution in [0.1, 0.15) is 38.5 Å². The maximum Gasteiger partial charge on any atom is 0.312 e. The van der Waals surface area contributed by atoms with E-state index in [1.54, 1.807) is 12.0 Å². The van der Waals surface area contributed by atoms with E-state index in [4.69, 9.17) is 4.74 Å². The van der Waals surface area contributed by atoms with E-state index < -0.39 is 11.8 Å². The largest absolute Gasteiger partial charge is 0.495 e. The van der Waals surface area contributed by atoms with Crippen LogP contribution in [-0.4, -0.2) is 56.0 Å². The lowest BCUT2D eigenvalue weighted by Gasteiger charge is -2.36. The van der Waals surface area contributed by atoms with E-state index in [2.05, 4.69) is 10.2 Å². The minimum absolute atomic E-state index is 0.156. The average molecular weight is 359 g/mol. The summed E-state index contributed by atoms with van der Waals surface area (Å²) in [7, 11) is 1.66. The minimum Gasteiger partial charge on any atom is -0.495 e. The Morgan fingerprint density at radius 3 is 2.31 bits per heavy atom. The van der Waals surface area contributed by atoms with Gasteiger partial charge in [0.25, 0.3) is 0 Å². The molecule has 1 aliphatic heterocycles. The quantitative estimate of drug-likeness (QED) is 0.664. The maximum atomic E-state index is 12.5. The van der Waals surface area contributed by atoms with Crippen molar-refractivity contribution in [1.29, 1.82) is 0 Å². The lowest BCUT2D eigenvalue weighted by molar-refractivity contribution is -0.146. The number of amides is 2. The van der Waals surface area contributed by atoms with Gasteiger partial charge in [-0.15, -0.1) is 0 Å². The minimum atomic E-state index is -0.442. The highest BCUT2D eigenvalue weighted by Gasteiger charge is 2.28. The molecule has 0 radical (unpaired) electrons. The molecule has 0 unspecified atom stereocenters. The first kappa shape index (κ1) is 18.5. The van der Waals surface area contributed by atoms with Gasteiger partial charge in [0, 0.05) is 32.2 Å². The van der Waals surface area contributed by atoms with Crippen LogP contribution in [0.2, 0.25) is 0 Å². The van der Waals surface area contributed by atoms with Crippen LogP contribution in [-0.2, 0) is 9.59 Å². The van der Waals surface area contributed by atoms with Crippen LogP contribution in [0.4, 0.5) is 5.69 Å². The summed E-state index contributed by atoms with van der Waals surface area (Å²) >= 11 is 0. The molecule has 1 aromatic rings. The number of carbonyl (C=O) groups excluding carboxylic acids is 2. The summed E-state index contributed by atoms with van der Waals surface area (Å²) in [6.45, 7) is 2.50. The highest BCUT2D eigenvalue weighted by Crippen LogP contribution is 2.28. The molecule has 0 bridgehead atoms. The summed E-state index contributed by atoms with van der Waals surface area (Å²) in [5.74, 6) is -0.00468. The summed E-state index contributed by atoms with van der Waals surface area (Å²) in [6, 6.07) is 8.04. The Bertz CT molecular complexity index is 618. The van der Waals surface area contributed by atoms with E-state index in [1.807, 2.05) is 24.3 Å². The Balaban J connectivity index is 1.52. The lowest BCUT2D eigenvalue weighted by atomic mass is 10.1. The zero-order valence-corrected chi connectivity index (χ0v) is 15.6. The molecule has 1 N–H and O–H groups in total. The fraction of sp³-hybridized carbons (Fsp3) is 0.600. The van der Waals surface area contributed by atoms with Gasteiger partial charge in [-0.05, 0) is 25.0 Å². The number of nitrogens with one attached hydrogen (secondary N) is 1. The number of carbonyl (C=O) groups is 2. The van der Waals surface area contributed by atoms with Gasteiger partial charge in [0.2, 0.25) is 0 Å². The Morgan fingerprint density at radius 2 is 1.65 bits per heavy atom. The van der Waals surface area contributed by atoms with Crippen molar-refractivity contribution < 1.29 is 14.3 Å². The highest BCUT2D eigenvalue weighted by molar-refractivity contribution is 6.35. The molecule has 6 heteroatoms. The van der Waals surface area contributed by atoms with E-state index in [0.717, 1.165) is 37.1 Å². The van der Waals surface area contributed by atoms with Crippen LogP contribution in [0.3, 0.4) is 0 Å². The fourth-order valence-corrected chi connectivity index (χ4v) is 3.86. The summed E-state index contributed by atoms with van der Waals surface area (Å²) in [6.07, 6.45) is 6.70. The van der Waals surface area contributed by atoms with Gasteiger partial charge in [0.1, 0.15) is 5.75 Å². The van der Waals surface area contributed by atoms with Crippen LogP contribution >= 0.6 is 0 Å². The van der Waals surface area contributed by atoms with Gasteiger partial charge in [0.15, 0.2) is 0 Å². The third kappa shape index (κ3) is 4.48. The van der Waals surface area contributed by atoms with Gasteiger partial charge in [0.05, 0.1) is 12.8 Å². The molecular weight excluding hydrogens is 330 g/mol. The highest BCUT2D eigenvalue weighted by atomic mass is 16.5. The second-order valence-electron chi connectivity index (χ2n) is 7.11. The summed E-state index contributed by atoms with van der Waals surface area (Å²) in [5.41, 5.74) is 1.03. The number of anilines is 1. The molecule has 1 saturated carbocycles. The Morgan fingerprint density at radius 1 is 1.00 bits per heavy atom. The molecule has 2 amide bonds. The standard InChI is InChI=1S/C20H29N3O3/c1-26-18-11-7-6-10-17(18)22-12-14-23(15-13-22)20(25)19(24)21-16-8-4-2-3-5-9-16/h6-7,10-11,16H,2-5,8-9,12-15H2,1H3,(H,21,24). The molecule has 0 aromatic heterocycles. The van der Waals surface area contributed by atoms with E-state index in [-0.39, 0.29) is 6.04 Å². The summed E-state index contributed by atoms with van der Waals surface area (Å²) < 4.78 is 5.42. The smallest absolute Gasteiger partial charge is 0.312 e. The average Bonchev–Trinajstić information content (AvgIpc) is 2.96. The van der Waals surface area contributed by atoms with Gasteiger partial charge in [-0.1, -0.05) is 37.8 Å². The predicted molar refractivity (Wildman–Crippen MR) is 101 cm³/mol. The monoisotopic (exact) mass is 359 g/mol. The van der Waals surface area contributed by atoms with Gasteiger partial charge in [-0.2, -0.15) is 0 Å². The molecule has 26 heavy (non-hydrogen) atoms. The first-order valence-corrected chi connectivity index (χ1v) is 9.67. The van der Waals surface area contributed by atoms with Crippen molar-refractivity contribution in [3.8, 4) is 5.75 Å².